The SMILES string of the molecule is O=c1[nH]cccc1Cc1ccccc1CCc1ccccc1. The van der Waals surface area contributed by atoms with Crippen LogP contribution in [0.1, 0.15) is 22.3 Å². The Morgan fingerprint density at radius 3 is 2.14 bits per heavy atom. The fraction of sp³-hybridized carbons (Fsp3) is 0.150. The number of benzene rings is 2. The molecule has 2 heteroatoms. The van der Waals surface area contributed by atoms with Gasteiger partial charge in [-0.3, -0.25) is 4.79 Å². The minimum absolute atomic E-state index is 0.000336. The minimum Gasteiger partial charge on any atom is -0.329 e. The lowest BCUT2D eigenvalue weighted by atomic mass is 9.96. The summed E-state index contributed by atoms with van der Waals surface area (Å²) < 4.78 is 0. The molecule has 0 aliphatic rings. The fourth-order valence-corrected chi connectivity index (χ4v) is 2.70. The van der Waals surface area contributed by atoms with Gasteiger partial charge in [0.25, 0.3) is 5.56 Å². The molecule has 0 saturated heterocycles. The fourth-order valence-electron chi connectivity index (χ4n) is 2.70. The van der Waals surface area contributed by atoms with Crippen LogP contribution in [0.3, 0.4) is 0 Å². The van der Waals surface area contributed by atoms with E-state index in [0.29, 0.717) is 6.42 Å². The van der Waals surface area contributed by atoms with E-state index in [4.69, 9.17) is 0 Å². The molecule has 1 N–H and O–H groups in total. The minimum atomic E-state index is 0.000336. The molecular weight excluding hydrogens is 270 g/mol. The van der Waals surface area contributed by atoms with E-state index in [9.17, 15) is 4.79 Å². The van der Waals surface area contributed by atoms with Crippen molar-refractivity contribution in [1.82, 2.24) is 4.98 Å². The Balaban J connectivity index is 1.78. The summed E-state index contributed by atoms with van der Waals surface area (Å²) in [4.78, 5) is 14.6. The molecule has 1 aromatic heterocycles. The summed E-state index contributed by atoms with van der Waals surface area (Å²) >= 11 is 0. The molecule has 0 fully saturated rings. The molecule has 0 unspecified atom stereocenters. The van der Waals surface area contributed by atoms with Crippen molar-refractivity contribution in [2.45, 2.75) is 19.3 Å². The zero-order valence-electron chi connectivity index (χ0n) is 12.5. The van der Waals surface area contributed by atoms with Crippen LogP contribution >= 0.6 is 0 Å². The summed E-state index contributed by atoms with van der Waals surface area (Å²) in [7, 11) is 0. The van der Waals surface area contributed by atoms with Crippen molar-refractivity contribution in [3.8, 4) is 0 Å². The smallest absolute Gasteiger partial charge is 0.251 e. The Bertz CT molecular complexity index is 790. The molecule has 3 rings (SSSR count). The van der Waals surface area contributed by atoms with Gasteiger partial charge in [0.1, 0.15) is 0 Å². The molecule has 0 amide bonds. The first-order chi connectivity index (χ1) is 10.8. The van der Waals surface area contributed by atoms with Gasteiger partial charge in [-0.25, -0.2) is 0 Å². The molecule has 3 aromatic rings. The standard InChI is InChI=1S/C20H19NO/c22-20-19(11-6-14-21-20)15-18-10-5-4-9-17(18)13-12-16-7-2-1-3-8-16/h1-11,14H,12-13,15H2,(H,21,22). The number of aromatic amines is 1. The molecule has 22 heavy (non-hydrogen) atoms. The molecular formula is C20H19NO. The molecule has 1 heterocycles. The highest BCUT2D eigenvalue weighted by Crippen LogP contribution is 2.15. The van der Waals surface area contributed by atoms with Gasteiger partial charge in [0.05, 0.1) is 0 Å². The van der Waals surface area contributed by atoms with Crippen LogP contribution in [0.4, 0.5) is 0 Å². The average Bonchev–Trinajstić information content (AvgIpc) is 2.57. The highest BCUT2D eigenvalue weighted by molar-refractivity contribution is 5.33. The zero-order chi connectivity index (χ0) is 15.2. The number of aromatic nitrogens is 1. The van der Waals surface area contributed by atoms with Crippen LogP contribution < -0.4 is 5.56 Å². The third kappa shape index (κ3) is 3.53. The Hall–Kier alpha value is -2.61. The Kier molecular flexibility index (Phi) is 4.50. The molecule has 0 aliphatic heterocycles. The molecule has 110 valence electrons. The summed E-state index contributed by atoms with van der Waals surface area (Å²) in [6.45, 7) is 0. The predicted octanol–water partition coefficient (Wildman–Crippen LogP) is 3.75. The topological polar surface area (TPSA) is 32.9 Å². The maximum Gasteiger partial charge on any atom is 0.251 e. The first kappa shape index (κ1) is 14.3. The van der Waals surface area contributed by atoms with Crippen LogP contribution in [-0.2, 0) is 19.3 Å². The van der Waals surface area contributed by atoms with Crippen molar-refractivity contribution in [3.05, 3.63) is 106 Å². The first-order valence-electron chi connectivity index (χ1n) is 7.60. The number of aryl methyl sites for hydroxylation is 2. The lowest BCUT2D eigenvalue weighted by molar-refractivity contribution is 0.934. The van der Waals surface area contributed by atoms with Gasteiger partial charge < -0.3 is 4.98 Å². The van der Waals surface area contributed by atoms with Crippen LogP contribution in [0.5, 0.6) is 0 Å². The van der Waals surface area contributed by atoms with Gasteiger partial charge >= 0.3 is 0 Å². The summed E-state index contributed by atoms with van der Waals surface area (Å²) in [5.74, 6) is 0. The molecule has 0 radical (unpaired) electrons. The van der Waals surface area contributed by atoms with Gasteiger partial charge in [0, 0.05) is 18.2 Å². The van der Waals surface area contributed by atoms with Crippen LogP contribution in [0.2, 0.25) is 0 Å². The van der Waals surface area contributed by atoms with Crippen LogP contribution in [0.25, 0.3) is 0 Å². The van der Waals surface area contributed by atoms with Gasteiger partial charge in [-0.15, -0.1) is 0 Å². The van der Waals surface area contributed by atoms with Crippen LogP contribution in [0.15, 0.2) is 77.7 Å². The number of rotatable bonds is 5. The van der Waals surface area contributed by atoms with Crippen molar-refractivity contribution in [2.24, 2.45) is 0 Å². The number of hydrogen-bond acceptors (Lipinski definition) is 1. The number of nitrogens with one attached hydrogen (secondary N) is 1. The van der Waals surface area contributed by atoms with E-state index in [1.165, 1.54) is 16.7 Å². The van der Waals surface area contributed by atoms with E-state index in [1.54, 1.807) is 6.20 Å². The summed E-state index contributed by atoms with van der Waals surface area (Å²) in [6, 6.07) is 22.7. The van der Waals surface area contributed by atoms with Gasteiger partial charge in [-0.1, -0.05) is 60.7 Å². The molecule has 2 nitrogen and oxygen atoms in total. The van der Waals surface area contributed by atoms with Gasteiger partial charge in [-0.2, -0.15) is 0 Å². The first-order valence-corrected chi connectivity index (χ1v) is 7.60. The number of hydrogen-bond donors (Lipinski definition) is 1. The summed E-state index contributed by atoms with van der Waals surface area (Å²) in [6.07, 6.45) is 4.36. The lowest BCUT2D eigenvalue weighted by Crippen LogP contribution is -2.12. The van der Waals surface area contributed by atoms with Crippen LogP contribution in [0, 0.1) is 0 Å². The quantitative estimate of drug-likeness (QED) is 0.762. The number of H-pyrrole nitrogens is 1. The summed E-state index contributed by atoms with van der Waals surface area (Å²) in [5, 5.41) is 0. The van der Waals surface area contributed by atoms with E-state index in [-0.39, 0.29) is 5.56 Å². The van der Waals surface area contributed by atoms with Crippen molar-refractivity contribution >= 4 is 0 Å². The highest BCUT2D eigenvalue weighted by atomic mass is 16.1. The molecule has 0 spiro atoms. The number of pyridine rings is 1. The van der Waals surface area contributed by atoms with Gasteiger partial charge in [-0.05, 0) is 35.6 Å². The predicted molar refractivity (Wildman–Crippen MR) is 90.2 cm³/mol. The zero-order valence-corrected chi connectivity index (χ0v) is 12.5. The third-order valence-corrected chi connectivity index (χ3v) is 3.92. The molecule has 0 bridgehead atoms. The van der Waals surface area contributed by atoms with Crippen molar-refractivity contribution in [2.75, 3.05) is 0 Å². The lowest BCUT2D eigenvalue weighted by Gasteiger charge is -2.09. The second kappa shape index (κ2) is 6.90. The Labute approximate surface area is 130 Å². The molecule has 0 saturated carbocycles. The van der Waals surface area contributed by atoms with E-state index < -0.39 is 0 Å². The maximum atomic E-state index is 11.9. The van der Waals surface area contributed by atoms with Gasteiger partial charge in [0.15, 0.2) is 0 Å². The van der Waals surface area contributed by atoms with E-state index in [1.807, 2.05) is 24.3 Å². The van der Waals surface area contributed by atoms with E-state index in [2.05, 4.69) is 47.4 Å². The molecule has 2 aromatic carbocycles. The maximum absolute atomic E-state index is 11.9. The second-order valence-corrected chi connectivity index (χ2v) is 5.46. The highest BCUT2D eigenvalue weighted by Gasteiger charge is 2.06. The molecule has 0 aliphatic carbocycles. The second-order valence-electron chi connectivity index (χ2n) is 5.46. The van der Waals surface area contributed by atoms with E-state index in [0.717, 1.165) is 18.4 Å². The van der Waals surface area contributed by atoms with Crippen LogP contribution in [-0.4, -0.2) is 4.98 Å². The van der Waals surface area contributed by atoms with Crippen molar-refractivity contribution in [1.29, 1.82) is 0 Å². The third-order valence-electron chi connectivity index (χ3n) is 3.92. The monoisotopic (exact) mass is 289 g/mol. The summed E-state index contributed by atoms with van der Waals surface area (Å²) in [5.41, 5.74) is 4.70. The van der Waals surface area contributed by atoms with Crippen molar-refractivity contribution < 1.29 is 0 Å². The van der Waals surface area contributed by atoms with Crippen molar-refractivity contribution in [3.63, 3.8) is 0 Å². The Morgan fingerprint density at radius 2 is 1.36 bits per heavy atom. The molecule has 0 atom stereocenters. The normalized spacial score (nSPS) is 10.5. The Morgan fingerprint density at radius 1 is 0.682 bits per heavy atom. The van der Waals surface area contributed by atoms with Gasteiger partial charge in [0.2, 0.25) is 0 Å². The van der Waals surface area contributed by atoms with E-state index >= 15 is 0 Å². The largest absolute Gasteiger partial charge is 0.329 e. The average molecular weight is 289 g/mol.